The van der Waals surface area contributed by atoms with Gasteiger partial charge in [0, 0.05) is 18.3 Å². The van der Waals surface area contributed by atoms with E-state index in [1.165, 1.54) is 6.20 Å². The lowest BCUT2D eigenvalue weighted by atomic mass is 10.3. The van der Waals surface area contributed by atoms with Crippen LogP contribution >= 0.6 is 11.6 Å². The average Bonchev–Trinajstić information content (AvgIpc) is 2.88. The van der Waals surface area contributed by atoms with Gasteiger partial charge in [0.15, 0.2) is 0 Å². The Morgan fingerprint density at radius 1 is 1.48 bits per heavy atom. The molecule has 6 nitrogen and oxygen atoms in total. The van der Waals surface area contributed by atoms with Gasteiger partial charge in [-0.1, -0.05) is 11.6 Å². The van der Waals surface area contributed by atoms with Gasteiger partial charge < -0.3 is 10.1 Å². The molecule has 7 heteroatoms. The number of nitrogens with one attached hydrogen (secondary N) is 1. The Hall–Kier alpha value is -2.08. The zero-order chi connectivity index (χ0) is 15.4. The fraction of sp³-hybridized carbons (Fsp3) is 0.357. The summed E-state index contributed by atoms with van der Waals surface area (Å²) in [7, 11) is 0. The van der Waals surface area contributed by atoms with Gasteiger partial charge in [0.25, 0.3) is 0 Å². The number of carbonyl (C=O) groups is 1. The first-order valence-electron chi connectivity index (χ1n) is 6.65. The van der Waals surface area contributed by atoms with E-state index in [2.05, 4.69) is 15.4 Å². The first-order chi connectivity index (χ1) is 10.0. The monoisotopic (exact) mass is 308 g/mol. The van der Waals surface area contributed by atoms with Crippen LogP contribution in [0.3, 0.4) is 0 Å². The lowest BCUT2D eigenvalue weighted by Crippen LogP contribution is -2.13. The van der Waals surface area contributed by atoms with E-state index in [-0.39, 0.29) is 6.04 Å². The standard InChI is InChI=1S/C14H17ClN4O2/c1-4-21-14(20)10-6-17-19(8-10)12-7-16-13(15)5-11(12)18-9(2)3/h5-9H,4H2,1-3H3,(H,16,18). The predicted octanol–water partition coefficient (Wildman–Crippen LogP) is 2.92. The Balaban J connectivity index is 2.35. The molecule has 0 radical (unpaired) electrons. The minimum atomic E-state index is -0.399. The van der Waals surface area contributed by atoms with Crippen molar-refractivity contribution in [2.24, 2.45) is 0 Å². The predicted molar refractivity (Wildman–Crippen MR) is 81.1 cm³/mol. The van der Waals surface area contributed by atoms with Gasteiger partial charge in [0.1, 0.15) is 10.8 Å². The second-order valence-corrected chi connectivity index (χ2v) is 5.10. The summed E-state index contributed by atoms with van der Waals surface area (Å²) in [6.07, 6.45) is 4.68. The number of anilines is 1. The van der Waals surface area contributed by atoms with Crippen molar-refractivity contribution in [2.45, 2.75) is 26.8 Å². The molecule has 2 rings (SSSR count). The number of hydrogen-bond acceptors (Lipinski definition) is 5. The van der Waals surface area contributed by atoms with E-state index in [0.29, 0.717) is 23.0 Å². The fourth-order valence-corrected chi connectivity index (χ4v) is 1.96. The topological polar surface area (TPSA) is 69.0 Å². The van der Waals surface area contributed by atoms with Gasteiger partial charge in [-0.15, -0.1) is 0 Å². The lowest BCUT2D eigenvalue weighted by Gasteiger charge is -2.14. The van der Waals surface area contributed by atoms with Crippen molar-refractivity contribution in [3.8, 4) is 5.69 Å². The van der Waals surface area contributed by atoms with Crippen molar-refractivity contribution in [2.75, 3.05) is 11.9 Å². The van der Waals surface area contributed by atoms with Crippen molar-refractivity contribution in [3.05, 3.63) is 35.4 Å². The molecule has 112 valence electrons. The van der Waals surface area contributed by atoms with Crippen molar-refractivity contribution in [1.82, 2.24) is 14.8 Å². The van der Waals surface area contributed by atoms with E-state index < -0.39 is 5.97 Å². The molecule has 0 unspecified atom stereocenters. The van der Waals surface area contributed by atoms with E-state index >= 15 is 0 Å². The van der Waals surface area contributed by atoms with Crippen LogP contribution in [0.15, 0.2) is 24.7 Å². The number of pyridine rings is 1. The molecule has 0 saturated carbocycles. The molecule has 2 heterocycles. The first-order valence-corrected chi connectivity index (χ1v) is 7.03. The van der Waals surface area contributed by atoms with Crippen LogP contribution in [0.1, 0.15) is 31.1 Å². The van der Waals surface area contributed by atoms with E-state index in [1.54, 1.807) is 30.1 Å². The molecule has 0 amide bonds. The van der Waals surface area contributed by atoms with Crippen molar-refractivity contribution in [1.29, 1.82) is 0 Å². The Morgan fingerprint density at radius 2 is 2.24 bits per heavy atom. The molecule has 2 aromatic heterocycles. The molecule has 2 aromatic rings. The van der Waals surface area contributed by atoms with E-state index in [9.17, 15) is 4.79 Å². The number of aromatic nitrogens is 3. The van der Waals surface area contributed by atoms with Crippen molar-refractivity contribution in [3.63, 3.8) is 0 Å². The summed E-state index contributed by atoms with van der Waals surface area (Å²) in [5, 5.41) is 7.84. The van der Waals surface area contributed by atoms with Gasteiger partial charge in [-0.05, 0) is 20.8 Å². The van der Waals surface area contributed by atoms with Crippen molar-refractivity contribution >= 4 is 23.3 Å². The van der Waals surface area contributed by atoms with Crippen LogP contribution in [-0.4, -0.2) is 33.4 Å². The lowest BCUT2D eigenvalue weighted by molar-refractivity contribution is 0.0526. The number of esters is 1. The van der Waals surface area contributed by atoms with Crippen LogP contribution in [0.25, 0.3) is 5.69 Å². The minimum Gasteiger partial charge on any atom is -0.462 e. The van der Waals surface area contributed by atoms with Gasteiger partial charge in [0.05, 0.1) is 30.3 Å². The maximum Gasteiger partial charge on any atom is 0.341 e. The molecule has 1 N–H and O–H groups in total. The third-order valence-corrected chi connectivity index (χ3v) is 2.84. The van der Waals surface area contributed by atoms with E-state index in [0.717, 1.165) is 5.69 Å². The van der Waals surface area contributed by atoms with E-state index in [1.807, 2.05) is 13.8 Å². The number of nitrogens with zero attached hydrogens (tertiary/aromatic N) is 3. The third kappa shape index (κ3) is 3.72. The number of ether oxygens (including phenoxy) is 1. The van der Waals surface area contributed by atoms with E-state index in [4.69, 9.17) is 16.3 Å². The summed E-state index contributed by atoms with van der Waals surface area (Å²) >= 11 is 5.93. The molecular formula is C14H17ClN4O2. The molecule has 0 fully saturated rings. The van der Waals surface area contributed by atoms with Crippen LogP contribution in [0.5, 0.6) is 0 Å². The molecule has 0 atom stereocenters. The number of halogens is 1. The molecule has 21 heavy (non-hydrogen) atoms. The smallest absolute Gasteiger partial charge is 0.341 e. The normalized spacial score (nSPS) is 10.7. The van der Waals surface area contributed by atoms with Gasteiger partial charge in [-0.25, -0.2) is 14.5 Å². The number of rotatable bonds is 5. The maximum atomic E-state index is 11.7. The Bertz CT molecular complexity index is 640. The molecule has 0 bridgehead atoms. The first kappa shape index (κ1) is 15.3. The Kier molecular flexibility index (Phi) is 4.80. The second-order valence-electron chi connectivity index (χ2n) is 4.72. The summed E-state index contributed by atoms with van der Waals surface area (Å²) in [4.78, 5) is 15.7. The van der Waals surface area contributed by atoms with Crippen LogP contribution in [-0.2, 0) is 4.74 Å². The summed E-state index contributed by atoms with van der Waals surface area (Å²) in [6.45, 7) is 6.12. The summed E-state index contributed by atoms with van der Waals surface area (Å²) in [5.41, 5.74) is 1.90. The average molecular weight is 309 g/mol. The SMILES string of the molecule is CCOC(=O)c1cnn(-c2cnc(Cl)cc2NC(C)C)c1. The zero-order valence-electron chi connectivity index (χ0n) is 12.1. The quantitative estimate of drug-likeness (QED) is 0.679. The van der Waals surface area contributed by atoms with Gasteiger partial charge in [-0.3, -0.25) is 0 Å². The van der Waals surface area contributed by atoms with Gasteiger partial charge in [0.2, 0.25) is 0 Å². The largest absolute Gasteiger partial charge is 0.462 e. The second kappa shape index (κ2) is 6.58. The van der Waals surface area contributed by atoms with Crippen LogP contribution in [0.2, 0.25) is 5.15 Å². The van der Waals surface area contributed by atoms with Crippen LogP contribution < -0.4 is 5.32 Å². The minimum absolute atomic E-state index is 0.224. The molecule has 0 aliphatic heterocycles. The van der Waals surface area contributed by atoms with Crippen molar-refractivity contribution < 1.29 is 9.53 Å². The van der Waals surface area contributed by atoms with Gasteiger partial charge >= 0.3 is 5.97 Å². The number of hydrogen-bond donors (Lipinski definition) is 1. The molecule has 0 saturated heterocycles. The maximum absolute atomic E-state index is 11.7. The Morgan fingerprint density at radius 3 is 2.90 bits per heavy atom. The summed E-state index contributed by atoms with van der Waals surface area (Å²) < 4.78 is 6.52. The highest BCUT2D eigenvalue weighted by atomic mass is 35.5. The molecular weight excluding hydrogens is 292 g/mol. The van der Waals surface area contributed by atoms with Crippen LogP contribution in [0.4, 0.5) is 5.69 Å². The van der Waals surface area contributed by atoms with Crippen LogP contribution in [0, 0.1) is 0 Å². The highest BCUT2D eigenvalue weighted by Crippen LogP contribution is 2.23. The summed E-state index contributed by atoms with van der Waals surface area (Å²) in [6, 6.07) is 1.95. The molecule has 0 aliphatic carbocycles. The third-order valence-electron chi connectivity index (χ3n) is 2.63. The summed E-state index contributed by atoms with van der Waals surface area (Å²) in [5.74, 6) is -0.399. The molecule has 0 aliphatic rings. The zero-order valence-corrected chi connectivity index (χ0v) is 12.9. The molecule has 0 aromatic carbocycles. The highest BCUT2D eigenvalue weighted by Gasteiger charge is 2.13. The van der Waals surface area contributed by atoms with Gasteiger partial charge in [-0.2, -0.15) is 5.10 Å². The Labute approximate surface area is 128 Å². The fourth-order valence-electron chi connectivity index (χ4n) is 1.81. The number of carbonyl (C=O) groups excluding carboxylic acids is 1. The molecule has 0 spiro atoms. The highest BCUT2D eigenvalue weighted by molar-refractivity contribution is 6.29.